The van der Waals surface area contributed by atoms with Crippen molar-refractivity contribution in [1.82, 2.24) is 0 Å². The molecular formula is C51H40. The van der Waals surface area contributed by atoms with E-state index in [1.54, 1.807) is 25.7 Å². The molecule has 0 aromatic carbocycles. The van der Waals surface area contributed by atoms with Crippen molar-refractivity contribution in [3.05, 3.63) is 0 Å². The Morgan fingerprint density at radius 2 is 0.333 bits per heavy atom. The lowest BCUT2D eigenvalue weighted by molar-refractivity contribution is -0.948. The zero-order valence-corrected chi connectivity index (χ0v) is 28.8. The van der Waals surface area contributed by atoms with Crippen molar-refractivity contribution < 1.29 is 0 Å². The fraction of sp³-hybridized carbons (Fsp3) is 1.00. The highest BCUT2D eigenvalue weighted by atomic mass is 15.4. The zero-order valence-electron chi connectivity index (χ0n) is 28.8. The van der Waals surface area contributed by atoms with Crippen LogP contribution in [0.1, 0.15) is 25.7 Å². The van der Waals surface area contributed by atoms with Crippen molar-refractivity contribution >= 4 is 0 Å². The van der Waals surface area contributed by atoms with E-state index in [1.807, 2.05) is 0 Å². The van der Waals surface area contributed by atoms with E-state index >= 15 is 0 Å². The molecule has 51 heavy (non-hydrogen) atoms. The molecule has 0 saturated heterocycles. The van der Waals surface area contributed by atoms with Crippen LogP contribution in [-0.2, 0) is 0 Å². The molecule has 0 nitrogen and oxygen atoms in total. The Bertz CT molecular complexity index is 2530. The lowest BCUT2D eigenvalue weighted by Crippen LogP contribution is -3.38. The molecule has 0 bridgehead atoms. The predicted octanol–water partition coefficient (Wildman–Crippen LogP) is 5.50. The van der Waals surface area contributed by atoms with Gasteiger partial charge in [0, 0.05) is 0 Å². The van der Waals surface area contributed by atoms with Crippen LogP contribution >= 0.6 is 0 Å². The molecule has 34 unspecified atom stereocenters. The molecule has 0 N–H and O–H groups in total. The first-order valence-electron chi connectivity index (χ1n) is 25.3. The maximum atomic E-state index is 1.76. The molecule has 0 amide bonds. The largest absolute Gasteiger partial charge is 0.0461 e. The van der Waals surface area contributed by atoms with Crippen LogP contribution in [0.4, 0.5) is 0 Å². The SMILES string of the molecule is C1C2C[C@@H]3[C@@H]4[C@@H]5[C@@H]6[C@@H]7C8[C@@H]9C%10[C@@H]%11[C@@H]%12[C@@H]%13[C@@H]%14[C@@H]%15[C@@H]%16[C@@H]%17CC%18CC%19C%20C%21C%22C%23C%24C%25C%26C%27C%28C%29C%30C%31C%32C1C23C%324C%315C%306C%297C%288C%279C%26%10C%25%11C%24%12C%23%13C%22%14C%21%15C%20%16C%18%19%17. The van der Waals surface area contributed by atoms with Gasteiger partial charge in [0.25, 0.3) is 0 Å². The average molecular weight is 653 g/mol. The number of hydrogen-bond acceptors (Lipinski definition) is 0. The van der Waals surface area contributed by atoms with Gasteiger partial charge in [0.2, 0.25) is 0 Å². The third-order valence-corrected chi connectivity index (χ3v) is 40.3. The Labute approximate surface area is 295 Å². The highest BCUT2D eigenvalue weighted by Gasteiger charge is 3.40. The fourth-order valence-corrected chi connectivity index (χ4v) is 47.6. The zero-order chi connectivity index (χ0) is 28.8. The van der Waals surface area contributed by atoms with Crippen LogP contribution in [-0.4, -0.2) is 0 Å². The van der Waals surface area contributed by atoms with Gasteiger partial charge >= 0.3 is 0 Å². The molecule has 32 saturated carbocycles. The summed E-state index contributed by atoms with van der Waals surface area (Å²) in [6.07, 6.45) is 7.05. The number of rotatable bonds is 0. The Kier molecular flexibility index (Phi) is 1.24. The van der Waals surface area contributed by atoms with E-state index in [0.29, 0.717) is 0 Å². The summed E-state index contributed by atoms with van der Waals surface area (Å²) in [5, 5.41) is 0. The molecule has 0 radical (unpaired) electrons. The van der Waals surface area contributed by atoms with Crippen molar-refractivity contribution in [1.29, 1.82) is 0 Å². The van der Waals surface area contributed by atoms with E-state index in [4.69, 9.17) is 0 Å². The lowest BCUT2D eigenvalue weighted by Gasteiger charge is -3.40. The topological polar surface area (TPSA) is 0 Å². The summed E-state index contributed by atoms with van der Waals surface area (Å²) >= 11 is 0. The minimum Gasteiger partial charge on any atom is -0.0461 e. The first-order valence-corrected chi connectivity index (χ1v) is 25.3. The molecular weight excluding hydrogens is 613 g/mol. The molecule has 0 aliphatic heterocycles. The number of fused-ring (bicyclic) bond motifs is 28. The van der Waals surface area contributed by atoms with Crippen molar-refractivity contribution in [2.24, 2.45) is 271 Å². The van der Waals surface area contributed by atoms with Crippen molar-refractivity contribution in [2.45, 2.75) is 25.7 Å². The quantitative estimate of drug-likeness (QED) is 0.325. The van der Waals surface area contributed by atoms with Gasteiger partial charge in [-0.1, -0.05) is 0 Å². The summed E-state index contributed by atoms with van der Waals surface area (Å²) in [6.45, 7) is 0. The second-order valence-electron chi connectivity index (χ2n) is 31.6. The summed E-state index contributed by atoms with van der Waals surface area (Å²) in [5.41, 5.74) is 16.4. The van der Waals surface area contributed by atoms with Crippen LogP contribution in [0, 0.1) is 271 Å². The van der Waals surface area contributed by atoms with Crippen LogP contribution in [0.15, 0.2) is 0 Å². The van der Waals surface area contributed by atoms with Gasteiger partial charge in [0.15, 0.2) is 0 Å². The standard InChI is InChI=1S/C51H40/c1-5-2-8-12-16-20-24-28-32-36-34-30-26-22-18-14-10-4-6-3-9-13-17-21-25-29-33-35-31-27-23-19-15-11-7(1)37(5,8)39(11,12)41(15,16)43(19,20)45(23,24)47(27,28)49(31,32)51(35,36)50(33,34)48(29,30)46(25,26)44(21,22)42(17,18)40(13,14)38(6,9)10/h5-36H,1-4H2/t5?,6?,7-,8?,9+,10?,11-,12?,13+,14?,15-,16?,17+,18?,19-,20?,21+,22?,23-,24?,25+,26?,27-,28?,29?,30?,31-,32?,33+,34?,35?,36?,37?,38?,39?,40?,41?,42?,43?,44?,45?,46?,47?,48?,49?,50?,51?/m0/s1. The van der Waals surface area contributed by atoms with Crippen molar-refractivity contribution in [3.63, 3.8) is 0 Å². The number of hydrogen-bond donors (Lipinski definition) is 0. The monoisotopic (exact) mass is 652 g/mol. The van der Waals surface area contributed by atoms with E-state index in [0.717, 1.165) is 81.2 Å². The van der Waals surface area contributed by atoms with E-state index < -0.39 is 0 Å². The molecule has 32 fully saturated rings. The molecule has 32 aliphatic rings. The van der Waals surface area contributed by atoms with Crippen LogP contribution in [0.3, 0.4) is 0 Å². The van der Waals surface area contributed by atoms with Crippen LogP contribution in [0.25, 0.3) is 0 Å². The average Bonchev–Trinajstić information content (AvgIpc) is 2.99. The molecule has 0 aromatic rings. The highest BCUT2D eigenvalue weighted by molar-refractivity contribution is 5.86. The van der Waals surface area contributed by atoms with Crippen LogP contribution < -0.4 is 0 Å². The molecule has 32 aliphatic carbocycles. The van der Waals surface area contributed by atoms with Crippen LogP contribution in [0.2, 0.25) is 0 Å². The Balaban J connectivity index is 0.642. The summed E-state index contributed by atoms with van der Waals surface area (Å²) in [5.74, 6) is 43.9. The van der Waals surface area contributed by atoms with Crippen molar-refractivity contribution in [3.8, 4) is 0 Å². The van der Waals surface area contributed by atoms with Gasteiger partial charge in [0.05, 0.1) is 0 Å². The molecule has 0 heteroatoms. The predicted molar refractivity (Wildman–Crippen MR) is 167 cm³/mol. The van der Waals surface area contributed by atoms with Gasteiger partial charge in [-0.25, -0.2) is 0 Å². The molecule has 244 valence electrons. The van der Waals surface area contributed by atoms with Gasteiger partial charge in [-0.05, 0) is 296 Å². The molecule has 0 aromatic heterocycles. The van der Waals surface area contributed by atoms with E-state index in [1.165, 1.54) is 189 Å². The molecule has 0 heterocycles. The third-order valence-electron chi connectivity index (χ3n) is 40.3. The van der Waals surface area contributed by atoms with Gasteiger partial charge < -0.3 is 0 Å². The first kappa shape index (κ1) is 19.0. The molecule has 15 spiro atoms. The normalized spacial score (nSPS) is 126. The summed E-state index contributed by atoms with van der Waals surface area (Å²) in [7, 11) is 0. The minimum absolute atomic E-state index is 1.07. The van der Waals surface area contributed by atoms with Crippen LogP contribution in [0.5, 0.6) is 0 Å². The minimum atomic E-state index is 1.07. The first-order chi connectivity index (χ1) is 25.3. The lowest BCUT2D eigenvalue weighted by atomic mass is 8.63. The van der Waals surface area contributed by atoms with Gasteiger partial charge in [0.1, 0.15) is 0 Å². The maximum Gasteiger partial charge on any atom is -0.00932 e. The summed E-state index contributed by atoms with van der Waals surface area (Å²) in [4.78, 5) is 0. The second-order valence-corrected chi connectivity index (χ2v) is 31.6. The third kappa shape index (κ3) is 0.579. The van der Waals surface area contributed by atoms with E-state index in [-0.39, 0.29) is 0 Å². The summed E-state index contributed by atoms with van der Waals surface area (Å²) < 4.78 is 0. The Hall–Kier alpha value is 0. The van der Waals surface area contributed by atoms with Crippen molar-refractivity contribution in [2.75, 3.05) is 0 Å². The molecule has 32 rings (SSSR count). The van der Waals surface area contributed by atoms with Gasteiger partial charge in [-0.2, -0.15) is 0 Å². The second kappa shape index (κ2) is 3.33. The maximum absolute atomic E-state index is 1.76. The van der Waals surface area contributed by atoms with Gasteiger partial charge in [-0.15, -0.1) is 0 Å². The van der Waals surface area contributed by atoms with Gasteiger partial charge in [-0.3, -0.25) is 0 Å². The molecule has 47 atom stereocenters. The fourth-order valence-electron chi connectivity index (χ4n) is 47.6. The summed E-state index contributed by atoms with van der Waals surface area (Å²) in [6, 6.07) is 0. The van der Waals surface area contributed by atoms with E-state index in [2.05, 4.69) is 0 Å². The Morgan fingerprint density at radius 3 is 0.510 bits per heavy atom. The Morgan fingerprint density at radius 1 is 0.176 bits per heavy atom. The highest BCUT2D eigenvalue weighted by Crippen LogP contribution is 3.42. The smallest absolute Gasteiger partial charge is 0.00932 e. The van der Waals surface area contributed by atoms with E-state index in [9.17, 15) is 0 Å².